The number of nitrogens with one attached hydrogen (secondary N) is 1. The van der Waals surface area contributed by atoms with Gasteiger partial charge >= 0.3 is 0 Å². The average molecular weight is 356 g/mol. The molecule has 1 aliphatic heterocycles. The van der Waals surface area contributed by atoms with E-state index in [4.69, 9.17) is 0 Å². The Morgan fingerprint density at radius 2 is 2.23 bits per heavy atom. The van der Waals surface area contributed by atoms with Gasteiger partial charge < -0.3 is 5.32 Å². The second kappa shape index (κ2) is 7.61. The highest BCUT2D eigenvalue weighted by atomic mass is 16.1. The van der Waals surface area contributed by atoms with Crippen molar-refractivity contribution in [3.8, 4) is 0 Å². The molecule has 7 nitrogen and oxygen atoms in total. The van der Waals surface area contributed by atoms with Gasteiger partial charge in [-0.05, 0) is 38.2 Å². The number of carbonyl (C=O) groups is 1. The van der Waals surface area contributed by atoms with Crippen LogP contribution in [0, 0.1) is 5.92 Å². The predicted octanol–water partition coefficient (Wildman–Crippen LogP) is 1.96. The third-order valence-corrected chi connectivity index (χ3v) is 5.34. The van der Waals surface area contributed by atoms with Gasteiger partial charge in [0.2, 0.25) is 5.91 Å². The zero-order valence-electron chi connectivity index (χ0n) is 15.5. The molecule has 7 heteroatoms. The average Bonchev–Trinajstić information content (AvgIpc) is 3.12. The lowest BCUT2D eigenvalue weighted by Crippen LogP contribution is -2.38. The third-order valence-electron chi connectivity index (χ3n) is 5.34. The van der Waals surface area contributed by atoms with E-state index < -0.39 is 0 Å². The maximum absolute atomic E-state index is 11.9. The molecular formula is C19H28N6O. The van der Waals surface area contributed by atoms with Gasteiger partial charge in [0.1, 0.15) is 0 Å². The van der Waals surface area contributed by atoms with Gasteiger partial charge in [0.15, 0.2) is 0 Å². The molecule has 0 spiro atoms. The monoisotopic (exact) mass is 356 g/mol. The van der Waals surface area contributed by atoms with Crippen molar-refractivity contribution in [2.75, 3.05) is 13.1 Å². The van der Waals surface area contributed by atoms with Crippen molar-refractivity contribution in [2.45, 2.75) is 58.3 Å². The van der Waals surface area contributed by atoms with Gasteiger partial charge in [-0.25, -0.2) is 0 Å². The van der Waals surface area contributed by atoms with E-state index in [1.165, 1.54) is 24.1 Å². The lowest BCUT2D eigenvalue weighted by molar-refractivity contribution is -0.121. The Morgan fingerprint density at radius 3 is 3.00 bits per heavy atom. The van der Waals surface area contributed by atoms with Crippen LogP contribution in [0.15, 0.2) is 24.7 Å². The summed E-state index contributed by atoms with van der Waals surface area (Å²) in [5, 5.41) is 12.0. The van der Waals surface area contributed by atoms with Gasteiger partial charge in [-0.1, -0.05) is 0 Å². The number of hydrogen-bond donors (Lipinski definition) is 1. The van der Waals surface area contributed by atoms with Crippen LogP contribution in [0.1, 0.15) is 49.9 Å². The summed E-state index contributed by atoms with van der Waals surface area (Å²) in [7, 11) is 0. The Balaban J connectivity index is 1.33. The summed E-state index contributed by atoms with van der Waals surface area (Å²) < 4.78 is 4.11. The van der Waals surface area contributed by atoms with E-state index >= 15 is 0 Å². The van der Waals surface area contributed by atoms with Gasteiger partial charge in [-0.15, -0.1) is 0 Å². The molecule has 1 amide bonds. The molecule has 0 radical (unpaired) electrons. The van der Waals surface area contributed by atoms with Crippen molar-refractivity contribution in [2.24, 2.45) is 5.92 Å². The molecule has 1 saturated carbocycles. The van der Waals surface area contributed by atoms with Crippen molar-refractivity contribution >= 4 is 5.91 Å². The molecular weight excluding hydrogens is 328 g/mol. The summed E-state index contributed by atoms with van der Waals surface area (Å²) in [6.07, 6.45) is 10.0. The summed E-state index contributed by atoms with van der Waals surface area (Å²) in [5.41, 5.74) is 2.49. The molecule has 26 heavy (non-hydrogen) atoms. The Morgan fingerprint density at radius 1 is 1.35 bits per heavy atom. The van der Waals surface area contributed by atoms with Crippen LogP contribution in [-0.2, 0) is 24.4 Å². The van der Waals surface area contributed by atoms with Crippen molar-refractivity contribution in [3.63, 3.8) is 0 Å². The minimum atomic E-state index is 0.202. The first-order chi connectivity index (χ1) is 12.7. The number of fused-ring (bicyclic) bond motifs is 1. The van der Waals surface area contributed by atoms with Gasteiger partial charge in [0.25, 0.3) is 0 Å². The minimum absolute atomic E-state index is 0.202. The Hall–Kier alpha value is -2.15. The first kappa shape index (κ1) is 17.3. The van der Waals surface area contributed by atoms with Crippen molar-refractivity contribution < 1.29 is 4.79 Å². The first-order valence-corrected chi connectivity index (χ1v) is 9.74. The lowest BCUT2D eigenvalue weighted by atomic mass is 10.1. The number of hydrogen-bond acceptors (Lipinski definition) is 4. The largest absolute Gasteiger partial charge is 0.356 e. The maximum atomic E-state index is 11.9. The molecule has 3 heterocycles. The molecule has 2 aromatic heterocycles. The molecule has 0 unspecified atom stereocenters. The van der Waals surface area contributed by atoms with E-state index in [2.05, 4.69) is 44.3 Å². The molecule has 0 bridgehead atoms. The SMILES string of the molecule is CCn1cc(CN2Cc3ccnn3[C@@H](CCNC(=O)CC3CC3)C2)cn1. The van der Waals surface area contributed by atoms with Crippen LogP contribution in [0.25, 0.3) is 0 Å². The maximum Gasteiger partial charge on any atom is 0.220 e. The zero-order valence-corrected chi connectivity index (χ0v) is 15.5. The van der Waals surface area contributed by atoms with Crippen molar-refractivity contribution in [1.29, 1.82) is 0 Å². The topological polar surface area (TPSA) is 68.0 Å². The fourth-order valence-electron chi connectivity index (χ4n) is 3.75. The Labute approximate surface area is 154 Å². The highest BCUT2D eigenvalue weighted by Crippen LogP contribution is 2.32. The van der Waals surface area contributed by atoms with E-state index in [9.17, 15) is 4.79 Å². The Kier molecular flexibility index (Phi) is 5.06. The van der Waals surface area contributed by atoms with Crippen LogP contribution < -0.4 is 5.32 Å². The molecule has 1 atom stereocenters. The molecule has 1 fully saturated rings. The highest BCUT2D eigenvalue weighted by molar-refractivity contribution is 5.76. The smallest absolute Gasteiger partial charge is 0.220 e. The van der Waals surface area contributed by atoms with Crippen molar-refractivity contribution in [3.05, 3.63) is 35.9 Å². The fourth-order valence-corrected chi connectivity index (χ4v) is 3.75. The summed E-state index contributed by atoms with van der Waals surface area (Å²) in [4.78, 5) is 14.4. The molecule has 2 aromatic rings. The van der Waals surface area contributed by atoms with Crippen LogP contribution in [-0.4, -0.2) is 43.5 Å². The van der Waals surface area contributed by atoms with Crippen LogP contribution in [0.2, 0.25) is 0 Å². The predicted molar refractivity (Wildman–Crippen MR) is 98.2 cm³/mol. The van der Waals surface area contributed by atoms with Gasteiger partial charge in [-0.3, -0.25) is 19.1 Å². The van der Waals surface area contributed by atoms with Gasteiger partial charge in [0, 0.05) is 57.1 Å². The second-order valence-electron chi connectivity index (χ2n) is 7.58. The lowest BCUT2D eigenvalue weighted by Gasteiger charge is -2.33. The van der Waals surface area contributed by atoms with Gasteiger partial charge in [-0.2, -0.15) is 10.2 Å². The summed E-state index contributed by atoms with van der Waals surface area (Å²) in [6, 6.07) is 2.40. The van der Waals surface area contributed by atoms with Crippen LogP contribution in [0.3, 0.4) is 0 Å². The minimum Gasteiger partial charge on any atom is -0.356 e. The summed E-state index contributed by atoms with van der Waals surface area (Å²) in [5.74, 6) is 0.842. The zero-order chi connectivity index (χ0) is 17.9. The normalized spacial score (nSPS) is 20.1. The number of nitrogens with zero attached hydrogens (tertiary/aromatic N) is 5. The van der Waals surface area contributed by atoms with E-state index in [-0.39, 0.29) is 5.91 Å². The fraction of sp³-hybridized carbons (Fsp3) is 0.632. The molecule has 4 rings (SSSR count). The van der Waals surface area contributed by atoms with E-state index in [1.807, 2.05) is 17.1 Å². The quantitative estimate of drug-likeness (QED) is 0.785. The molecule has 1 aliphatic carbocycles. The number of aromatic nitrogens is 4. The molecule has 0 aromatic carbocycles. The molecule has 0 saturated heterocycles. The molecule has 2 aliphatic rings. The van der Waals surface area contributed by atoms with E-state index in [1.54, 1.807) is 0 Å². The summed E-state index contributed by atoms with van der Waals surface area (Å²) in [6.45, 7) is 6.47. The third kappa shape index (κ3) is 4.15. The first-order valence-electron chi connectivity index (χ1n) is 9.74. The van der Waals surface area contributed by atoms with Crippen LogP contribution in [0.4, 0.5) is 0 Å². The van der Waals surface area contributed by atoms with E-state index in [0.29, 0.717) is 18.4 Å². The number of carbonyl (C=O) groups excluding carboxylic acids is 1. The number of rotatable bonds is 8. The number of aryl methyl sites for hydroxylation is 1. The number of amides is 1. The standard InChI is InChI=1S/C19H28N6O/c1-2-24-12-16(10-22-24)11-23-13-17(25-18(14-23)6-8-21-25)5-7-20-19(26)9-15-3-4-15/h6,8,10,12,15,17H,2-5,7,9,11,13-14H2,1H3,(H,20,26)/t17-/m0/s1. The Bertz CT molecular complexity index is 747. The molecule has 1 N–H and O–H groups in total. The molecule has 140 valence electrons. The van der Waals surface area contributed by atoms with Crippen molar-refractivity contribution in [1.82, 2.24) is 29.8 Å². The highest BCUT2D eigenvalue weighted by Gasteiger charge is 2.27. The van der Waals surface area contributed by atoms with E-state index in [0.717, 1.165) is 39.1 Å². The second-order valence-corrected chi connectivity index (χ2v) is 7.58. The summed E-state index contributed by atoms with van der Waals surface area (Å²) >= 11 is 0. The van der Waals surface area contributed by atoms with Crippen LogP contribution in [0.5, 0.6) is 0 Å². The van der Waals surface area contributed by atoms with Gasteiger partial charge in [0.05, 0.1) is 17.9 Å². The van der Waals surface area contributed by atoms with Crippen LogP contribution >= 0.6 is 0 Å².